The lowest BCUT2D eigenvalue weighted by Gasteiger charge is -2.11. The summed E-state index contributed by atoms with van der Waals surface area (Å²) in [5, 5.41) is 4.94. The summed E-state index contributed by atoms with van der Waals surface area (Å²) < 4.78 is 11.1. The van der Waals surface area contributed by atoms with E-state index in [0.29, 0.717) is 24.6 Å². The highest BCUT2D eigenvalue weighted by molar-refractivity contribution is 7.09. The molecule has 3 heterocycles. The van der Waals surface area contributed by atoms with Crippen LogP contribution in [-0.2, 0) is 11.2 Å². The maximum absolute atomic E-state index is 12.0. The van der Waals surface area contributed by atoms with Gasteiger partial charge in [0.15, 0.2) is 0 Å². The molecular formula is C17H20N2O3S. The van der Waals surface area contributed by atoms with Gasteiger partial charge in [-0.25, -0.2) is 4.98 Å². The highest BCUT2D eigenvalue weighted by Crippen LogP contribution is 2.14. The van der Waals surface area contributed by atoms with Gasteiger partial charge in [-0.1, -0.05) is 6.07 Å². The highest BCUT2D eigenvalue weighted by Gasteiger charge is 2.16. The van der Waals surface area contributed by atoms with E-state index in [1.54, 1.807) is 29.7 Å². The van der Waals surface area contributed by atoms with Crippen molar-refractivity contribution in [2.24, 2.45) is 0 Å². The van der Waals surface area contributed by atoms with E-state index in [4.69, 9.17) is 9.47 Å². The number of amides is 1. The Morgan fingerprint density at radius 2 is 2.39 bits per heavy atom. The molecular weight excluding hydrogens is 312 g/mol. The second kappa shape index (κ2) is 8.08. The van der Waals surface area contributed by atoms with E-state index >= 15 is 0 Å². The molecule has 2 aromatic heterocycles. The van der Waals surface area contributed by atoms with Crippen molar-refractivity contribution in [3.63, 3.8) is 0 Å². The summed E-state index contributed by atoms with van der Waals surface area (Å²) in [5.41, 5.74) is 0.542. The fourth-order valence-corrected chi connectivity index (χ4v) is 3.12. The third kappa shape index (κ3) is 4.77. The van der Waals surface area contributed by atoms with Gasteiger partial charge in [0.05, 0.1) is 11.7 Å². The van der Waals surface area contributed by atoms with Crippen LogP contribution in [0.2, 0.25) is 0 Å². The van der Waals surface area contributed by atoms with E-state index in [0.717, 1.165) is 25.9 Å². The molecule has 6 heteroatoms. The molecule has 1 N–H and O–H groups in total. The van der Waals surface area contributed by atoms with Crippen molar-refractivity contribution in [3.05, 3.63) is 46.3 Å². The largest absolute Gasteiger partial charge is 0.475 e. The molecule has 1 unspecified atom stereocenters. The van der Waals surface area contributed by atoms with Gasteiger partial charge in [-0.05, 0) is 36.8 Å². The van der Waals surface area contributed by atoms with E-state index in [1.807, 2.05) is 11.4 Å². The molecule has 1 aliphatic rings. The number of hydrogen-bond acceptors (Lipinski definition) is 5. The van der Waals surface area contributed by atoms with Gasteiger partial charge in [0.1, 0.15) is 6.61 Å². The van der Waals surface area contributed by atoms with Crippen molar-refractivity contribution in [3.8, 4) is 5.88 Å². The molecule has 1 amide bonds. The van der Waals surface area contributed by atoms with Gasteiger partial charge >= 0.3 is 0 Å². The zero-order valence-electron chi connectivity index (χ0n) is 12.9. The van der Waals surface area contributed by atoms with Crippen molar-refractivity contribution in [2.45, 2.75) is 25.4 Å². The average Bonchev–Trinajstić information content (AvgIpc) is 3.27. The predicted molar refractivity (Wildman–Crippen MR) is 89.1 cm³/mol. The minimum atomic E-state index is -0.111. The maximum Gasteiger partial charge on any atom is 0.252 e. The zero-order valence-corrected chi connectivity index (χ0v) is 13.7. The summed E-state index contributed by atoms with van der Waals surface area (Å²) in [6, 6.07) is 7.54. The third-order valence-corrected chi connectivity index (χ3v) is 4.61. The fraction of sp³-hybridized carbons (Fsp3) is 0.412. The first-order valence-corrected chi connectivity index (χ1v) is 8.70. The van der Waals surface area contributed by atoms with E-state index in [9.17, 15) is 4.79 Å². The molecule has 23 heavy (non-hydrogen) atoms. The van der Waals surface area contributed by atoms with E-state index < -0.39 is 0 Å². The molecule has 0 bridgehead atoms. The fourth-order valence-electron chi connectivity index (χ4n) is 2.41. The molecule has 1 aliphatic heterocycles. The minimum absolute atomic E-state index is 0.111. The third-order valence-electron chi connectivity index (χ3n) is 3.68. The smallest absolute Gasteiger partial charge is 0.252 e. The average molecular weight is 332 g/mol. The van der Waals surface area contributed by atoms with Gasteiger partial charge in [-0.3, -0.25) is 4.79 Å². The number of carbonyl (C=O) groups is 1. The summed E-state index contributed by atoms with van der Waals surface area (Å²) in [6.07, 6.45) is 4.68. The second-order valence-electron chi connectivity index (χ2n) is 5.42. The van der Waals surface area contributed by atoms with Crippen LogP contribution in [0.15, 0.2) is 35.8 Å². The van der Waals surface area contributed by atoms with Gasteiger partial charge < -0.3 is 14.8 Å². The van der Waals surface area contributed by atoms with Gasteiger partial charge in [0.2, 0.25) is 5.88 Å². The standard InChI is InChI=1S/C17H20N2O3S/c20-17(18-8-7-15-4-2-10-23-15)13-5-6-16(19-11-13)22-12-14-3-1-9-21-14/h2,4-6,10-11,14H,1,3,7-9,12H2,(H,18,20). The summed E-state index contributed by atoms with van der Waals surface area (Å²) in [6.45, 7) is 1.95. The summed E-state index contributed by atoms with van der Waals surface area (Å²) >= 11 is 1.70. The molecule has 1 saturated heterocycles. The number of carbonyl (C=O) groups excluding carboxylic acids is 1. The van der Waals surface area contributed by atoms with Gasteiger partial charge in [0, 0.05) is 30.3 Å². The Balaban J connectivity index is 1.43. The van der Waals surface area contributed by atoms with Crippen LogP contribution in [0.25, 0.3) is 0 Å². The lowest BCUT2D eigenvalue weighted by Crippen LogP contribution is -2.25. The van der Waals surface area contributed by atoms with Crippen molar-refractivity contribution in [1.29, 1.82) is 0 Å². The summed E-state index contributed by atoms with van der Waals surface area (Å²) in [4.78, 5) is 17.5. The van der Waals surface area contributed by atoms with E-state index in [2.05, 4.69) is 16.4 Å². The number of pyridine rings is 1. The molecule has 0 saturated carbocycles. The Hall–Kier alpha value is -1.92. The Kier molecular flexibility index (Phi) is 5.60. The summed E-state index contributed by atoms with van der Waals surface area (Å²) in [7, 11) is 0. The molecule has 0 aromatic carbocycles. The first-order valence-electron chi connectivity index (χ1n) is 7.82. The first kappa shape index (κ1) is 16.0. The number of hydrogen-bond donors (Lipinski definition) is 1. The molecule has 2 aromatic rings. The topological polar surface area (TPSA) is 60.5 Å². The maximum atomic E-state index is 12.0. The Morgan fingerprint density at radius 3 is 3.09 bits per heavy atom. The number of nitrogens with one attached hydrogen (secondary N) is 1. The number of rotatable bonds is 7. The van der Waals surface area contributed by atoms with E-state index in [1.165, 1.54) is 4.88 Å². The first-order chi connectivity index (χ1) is 11.3. The monoisotopic (exact) mass is 332 g/mol. The molecule has 0 radical (unpaired) electrons. The van der Waals surface area contributed by atoms with Crippen LogP contribution in [0.5, 0.6) is 5.88 Å². The SMILES string of the molecule is O=C(NCCc1cccs1)c1ccc(OCC2CCCO2)nc1. The van der Waals surface area contributed by atoms with Crippen LogP contribution in [0.3, 0.4) is 0 Å². The molecule has 1 fully saturated rings. The Morgan fingerprint density at radius 1 is 1.43 bits per heavy atom. The molecule has 1 atom stereocenters. The molecule has 0 spiro atoms. The van der Waals surface area contributed by atoms with Crippen LogP contribution in [0.1, 0.15) is 28.1 Å². The zero-order chi connectivity index (χ0) is 15.9. The van der Waals surface area contributed by atoms with Gasteiger partial charge in [-0.2, -0.15) is 0 Å². The van der Waals surface area contributed by atoms with Crippen LogP contribution < -0.4 is 10.1 Å². The normalized spacial score (nSPS) is 17.1. The number of nitrogens with zero attached hydrogens (tertiary/aromatic N) is 1. The number of ether oxygens (including phenoxy) is 2. The highest BCUT2D eigenvalue weighted by atomic mass is 32.1. The van der Waals surface area contributed by atoms with Crippen LogP contribution in [0, 0.1) is 0 Å². The van der Waals surface area contributed by atoms with Crippen molar-refractivity contribution < 1.29 is 14.3 Å². The second-order valence-corrected chi connectivity index (χ2v) is 6.45. The Labute approximate surface area is 139 Å². The quantitative estimate of drug-likeness (QED) is 0.847. The molecule has 0 aliphatic carbocycles. The number of thiophene rings is 1. The van der Waals surface area contributed by atoms with Crippen molar-refractivity contribution in [2.75, 3.05) is 19.8 Å². The van der Waals surface area contributed by atoms with E-state index in [-0.39, 0.29) is 12.0 Å². The summed E-state index contributed by atoms with van der Waals surface area (Å²) in [5.74, 6) is 0.412. The minimum Gasteiger partial charge on any atom is -0.475 e. The van der Waals surface area contributed by atoms with Gasteiger partial charge in [0.25, 0.3) is 5.91 Å². The van der Waals surface area contributed by atoms with Crippen molar-refractivity contribution in [1.82, 2.24) is 10.3 Å². The Bertz CT molecular complexity index is 607. The van der Waals surface area contributed by atoms with Crippen LogP contribution >= 0.6 is 11.3 Å². The number of aromatic nitrogens is 1. The lowest BCUT2D eigenvalue weighted by atomic mass is 10.2. The lowest BCUT2D eigenvalue weighted by molar-refractivity contribution is 0.0663. The molecule has 3 rings (SSSR count). The van der Waals surface area contributed by atoms with Crippen molar-refractivity contribution >= 4 is 17.2 Å². The van der Waals surface area contributed by atoms with Gasteiger partial charge in [-0.15, -0.1) is 11.3 Å². The van der Waals surface area contributed by atoms with Crippen LogP contribution in [-0.4, -0.2) is 36.8 Å². The van der Waals surface area contributed by atoms with Crippen LogP contribution in [0.4, 0.5) is 0 Å². The molecule has 5 nitrogen and oxygen atoms in total. The molecule has 122 valence electrons. The predicted octanol–water partition coefficient (Wildman–Crippen LogP) is 2.67.